The standard InChI is InChI=1S/C15H29NO5/c1-13(2)15(4-5-16-12-15)14(17)21-11-10-20-9-8-19-7-6-18-3/h13,16H,4-12H2,1-3H3. The maximum absolute atomic E-state index is 12.3. The molecule has 0 spiro atoms. The molecule has 0 aliphatic carbocycles. The summed E-state index contributed by atoms with van der Waals surface area (Å²) < 4.78 is 20.9. The van der Waals surface area contributed by atoms with E-state index in [1.165, 1.54) is 0 Å². The Hall–Kier alpha value is -0.690. The molecule has 124 valence electrons. The van der Waals surface area contributed by atoms with Crippen molar-refractivity contribution in [3.8, 4) is 0 Å². The molecular formula is C15H29NO5. The molecule has 6 nitrogen and oxygen atoms in total. The number of methoxy groups -OCH3 is 1. The molecule has 0 bridgehead atoms. The van der Waals surface area contributed by atoms with E-state index in [1.807, 2.05) is 0 Å². The normalized spacial score (nSPS) is 21.9. The van der Waals surface area contributed by atoms with Crippen LogP contribution in [-0.4, -0.2) is 65.8 Å². The number of ether oxygens (including phenoxy) is 4. The largest absolute Gasteiger partial charge is 0.463 e. The zero-order valence-electron chi connectivity index (χ0n) is 13.5. The molecule has 1 aliphatic heterocycles. The predicted octanol–water partition coefficient (Wildman–Crippen LogP) is 0.845. The van der Waals surface area contributed by atoms with Gasteiger partial charge < -0.3 is 24.3 Å². The molecule has 0 radical (unpaired) electrons. The molecule has 0 saturated carbocycles. The Morgan fingerprint density at radius 1 is 1.10 bits per heavy atom. The lowest BCUT2D eigenvalue weighted by atomic mass is 9.76. The summed E-state index contributed by atoms with van der Waals surface area (Å²) in [5.41, 5.74) is -0.372. The quantitative estimate of drug-likeness (QED) is 0.451. The van der Waals surface area contributed by atoms with Gasteiger partial charge in [0.1, 0.15) is 6.61 Å². The lowest BCUT2D eigenvalue weighted by molar-refractivity contribution is -0.159. The Bertz CT molecular complexity index is 290. The Morgan fingerprint density at radius 3 is 2.24 bits per heavy atom. The van der Waals surface area contributed by atoms with Gasteiger partial charge in [0.2, 0.25) is 0 Å². The van der Waals surface area contributed by atoms with Crippen molar-refractivity contribution < 1.29 is 23.7 Å². The first-order valence-electron chi connectivity index (χ1n) is 7.66. The van der Waals surface area contributed by atoms with E-state index in [0.29, 0.717) is 46.2 Å². The maximum atomic E-state index is 12.3. The topological polar surface area (TPSA) is 66.0 Å². The zero-order chi connectivity index (χ0) is 15.6. The molecule has 0 amide bonds. The minimum Gasteiger partial charge on any atom is -0.463 e. The van der Waals surface area contributed by atoms with Crippen LogP contribution in [0.15, 0.2) is 0 Å². The maximum Gasteiger partial charge on any atom is 0.313 e. The highest BCUT2D eigenvalue weighted by atomic mass is 16.6. The summed E-state index contributed by atoms with van der Waals surface area (Å²) in [5.74, 6) is 0.164. The van der Waals surface area contributed by atoms with Gasteiger partial charge in [0.15, 0.2) is 0 Å². The molecule has 1 unspecified atom stereocenters. The average Bonchev–Trinajstić information content (AvgIpc) is 2.96. The van der Waals surface area contributed by atoms with Crippen LogP contribution in [-0.2, 0) is 23.7 Å². The van der Waals surface area contributed by atoms with Gasteiger partial charge in [-0.25, -0.2) is 0 Å². The fourth-order valence-corrected chi connectivity index (χ4v) is 2.42. The van der Waals surface area contributed by atoms with Crippen molar-refractivity contribution in [2.24, 2.45) is 11.3 Å². The Labute approximate surface area is 127 Å². The summed E-state index contributed by atoms with van der Waals surface area (Å²) in [6, 6.07) is 0. The third-order valence-corrected chi connectivity index (χ3v) is 3.96. The van der Waals surface area contributed by atoms with Crippen molar-refractivity contribution in [3.05, 3.63) is 0 Å². The fourth-order valence-electron chi connectivity index (χ4n) is 2.42. The van der Waals surface area contributed by atoms with Crippen molar-refractivity contribution >= 4 is 5.97 Å². The van der Waals surface area contributed by atoms with E-state index in [2.05, 4.69) is 19.2 Å². The van der Waals surface area contributed by atoms with Gasteiger partial charge in [0, 0.05) is 13.7 Å². The van der Waals surface area contributed by atoms with Gasteiger partial charge in [0.25, 0.3) is 0 Å². The first-order chi connectivity index (χ1) is 10.1. The number of esters is 1. The van der Waals surface area contributed by atoms with E-state index < -0.39 is 0 Å². The molecule has 1 atom stereocenters. The summed E-state index contributed by atoms with van der Waals surface area (Å²) in [5, 5.41) is 3.25. The van der Waals surface area contributed by atoms with Gasteiger partial charge in [-0.05, 0) is 18.9 Å². The Kier molecular flexibility index (Phi) is 8.84. The summed E-state index contributed by atoms with van der Waals surface area (Å²) in [6.45, 7) is 8.61. The van der Waals surface area contributed by atoms with Crippen molar-refractivity contribution in [1.29, 1.82) is 0 Å². The van der Waals surface area contributed by atoms with Gasteiger partial charge in [-0.3, -0.25) is 4.79 Å². The number of rotatable bonds is 11. The highest BCUT2D eigenvalue weighted by molar-refractivity contribution is 5.78. The van der Waals surface area contributed by atoms with Crippen LogP contribution in [0.3, 0.4) is 0 Å². The minimum atomic E-state index is -0.372. The molecule has 21 heavy (non-hydrogen) atoms. The number of hydrogen-bond acceptors (Lipinski definition) is 6. The van der Waals surface area contributed by atoms with Crippen LogP contribution in [0.2, 0.25) is 0 Å². The predicted molar refractivity (Wildman–Crippen MR) is 79.2 cm³/mol. The third-order valence-electron chi connectivity index (χ3n) is 3.96. The van der Waals surface area contributed by atoms with E-state index in [4.69, 9.17) is 18.9 Å². The van der Waals surface area contributed by atoms with Crippen LogP contribution in [0.5, 0.6) is 0 Å². The van der Waals surface area contributed by atoms with Gasteiger partial charge >= 0.3 is 5.97 Å². The van der Waals surface area contributed by atoms with E-state index in [1.54, 1.807) is 7.11 Å². The van der Waals surface area contributed by atoms with Crippen LogP contribution in [0.4, 0.5) is 0 Å². The zero-order valence-corrected chi connectivity index (χ0v) is 13.5. The van der Waals surface area contributed by atoms with E-state index in [-0.39, 0.29) is 17.3 Å². The number of carbonyl (C=O) groups is 1. The molecule has 1 N–H and O–H groups in total. The number of nitrogens with one attached hydrogen (secondary N) is 1. The SMILES string of the molecule is COCCOCCOCCOC(=O)C1(C(C)C)CCNC1. The van der Waals surface area contributed by atoms with Crippen LogP contribution in [0, 0.1) is 11.3 Å². The third kappa shape index (κ3) is 5.90. The number of hydrogen-bond donors (Lipinski definition) is 1. The van der Waals surface area contributed by atoms with Crippen molar-refractivity contribution in [2.75, 3.05) is 59.8 Å². The van der Waals surface area contributed by atoms with Crippen molar-refractivity contribution in [3.63, 3.8) is 0 Å². The first kappa shape index (κ1) is 18.4. The lowest BCUT2D eigenvalue weighted by Gasteiger charge is -2.29. The average molecular weight is 303 g/mol. The molecule has 1 rings (SSSR count). The molecule has 6 heteroatoms. The molecule has 1 fully saturated rings. The Balaban J connectivity index is 2.08. The van der Waals surface area contributed by atoms with Crippen LogP contribution < -0.4 is 5.32 Å². The minimum absolute atomic E-state index is 0.109. The monoisotopic (exact) mass is 303 g/mol. The van der Waals surface area contributed by atoms with Crippen LogP contribution in [0.1, 0.15) is 20.3 Å². The van der Waals surface area contributed by atoms with Crippen molar-refractivity contribution in [1.82, 2.24) is 5.32 Å². The Morgan fingerprint density at radius 2 is 1.71 bits per heavy atom. The molecule has 0 aromatic carbocycles. The molecule has 1 heterocycles. The molecule has 0 aromatic rings. The number of carbonyl (C=O) groups excluding carboxylic acids is 1. The highest BCUT2D eigenvalue weighted by Gasteiger charge is 2.45. The second-order valence-corrected chi connectivity index (χ2v) is 5.59. The second-order valence-electron chi connectivity index (χ2n) is 5.59. The van der Waals surface area contributed by atoms with E-state index >= 15 is 0 Å². The first-order valence-corrected chi connectivity index (χ1v) is 7.66. The van der Waals surface area contributed by atoms with Gasteiger partial charge in [-0.1, -0.05) is 13.8 Å². The van der Waals surface area contributed by atoms with Gasteiger partial charge in [-0.15, -0.1) is 0 Å². The van der Waals surface area contributed by atoms with Crippen LogP contribution >= 0.6 is 0 Å². The van der Waals surface area contributed by atoms with Crippen molar-refractivity contribution in [2.45, 2.75) is 20.3 Å². The fraction of sp³-hybridized carbons (Fsp3) is 0.933. The second kappa shape index (κ2) is 10.1. The van der Waals surface area contributed by atoms with Gasteiger partial charge in [-0.2, -0.15) is 0 Å². The highest BCUT2D eigenvalue weighted by Crippen LogP contribution is 2.35. The smallest absolute Gasteiger partial charge is 0.313 e. The molecule has 0 aromatic heterocycles. The van der Waals surface area contributed by atoms with E-state index in [9.17, 15) is 4.79 Å². The summed E-state index contributed by atoms with van der Waals surface area (Å²) in [6.07, 6.45) is 0.845. The van der Waals surface area contributed by atoms with Gasteiger partial charge in [0.05, 0.1) is 38.4 Å². The lowest BCUT2D eigenvalue weighted by Crippen LogP contribution is -2.40. The molecular weight excluding hydrogens is 274 g/mol. The van der Waals surface area contributed by atoms with E-state index in [0.717, 1.165) is 13.0 Å². The summed E-state index contributed by atoms with van der Waals surface area (Å²) in [7, 11) is 1.64. The molecule has 1 saturated heterocycles. The summed E-state index contributed by atoms with van der Waals surface area (Å²) >= 11 is 0. The summed E-state index contributed by atoms with van der Waals surface area (Å²) in [4.78, 5) is 12.3. The molecule has 1 aliphatic rings. The van der Waals surface area contributed by atoms with Crippen LogP contribution in [0.25, 0.3) is 0 Å².